The van der Waals surface area contributed by atoms with E-state index in [1.807, 2.05) is 0 Å². The fourth-order valence-corrected chi connectivity index (χ4v) is 4.33. The van der Waals surface area contributed by atoms with Crippen molar-refractivity contribution in [1.29, 1.82) is 0 Å². The van der Waals surface area contributed by atoms with Gasteiger partial charge in [0.1, 0.15) is 17.2 Å². The Hall–Kier alpha value is -1.35. The number of hydrogen-bond acceptors (Lipinski definition) is 2. The van der Waals surface area contributed by atoms with E-state index >= 15 is 0 Å². The molecule has 0 amide bonds. The van der Waals surface area contributed by atoms with Crippen molar-refractivity contribution in [2.24, 2.45) is 10.9 Å². The molecule has 1 aliphatic heterocycles. The van der Waals surface area contributed by atoms with E-state index in [1.54, 1.807) is 0 Å². The number of nitrogens with zero attached hydrogens (tertiary/aromatic N) is 1. The van der Waals surface area contributed by atoms with Gasteiger partial charge in [-0.25, -0.2) is 4.39 Å². The highest BCUT2D eigenvalue weighted by Crippen LogP contribution is 2.53. The van der Waals surface area contributed by atoms with Crippen LogP contribution in [0.2, 0.25) is 15.1 Å². The van der Waals surface area contributed by atoms with Crippen molar-refractivity contribution in [2.75, 3.05) is 6.54 Å². The van der Waals surface area contributed by atoms with E-state index in [0.29, 0.717) is 0 Å². The molecule has 1 N–H and O–H groups in total. The van der Waals surface area contributed by atoms with Crippen molar-refractivity contribution in [2.45, 2.75) is 11.6 Å². The lowest BCUT2D eigenvalue weighted by Crippen LogP contribution is -2.53. The summed E-state index contributed by atoms with van der Waals surface area (Å²) in [5, 5.41) is 9.11. The minimum Gasteiger partial charge on any atom is -0.481 e. The second kappa shape index (κ2) is 7.72. The summed E-state index contributed by atoms with van der Waals surface area (Å²) in [6.45, 7) is -0.911. The number of carbonyl (C=O) groups is 1. The summed E-state index contributed by atoms with van der Waals surface area (Å²) in [4.78, 5) is 16.0. The van der Waals surface area contributed by atoms with Crippen LogP contribution in [0, 0.1) is 11.7 Å². The van der Waals surface area contributed by atoms with Gasteiger partial charge >= 0.3 is 12.1 Å². The van der Waals surface area contributed by atoms with Crippen molar-refractivity contribution in [3.8, 4) is 0 Å². The number of aliphatic carboxylic acids is 1. The largest absolute Gasteiger partial charge is 0.481 e. The van der Waals surface area contributed by atoms with Crippen LogP contribution in [-0.4, -0.2) is 29.5 Å². The van der Waals surface area contributed by atoms with Gasteiger partial charge in [-0.05, 0) is 51.3 Å². The Bertz CT molecular complexity index is 1020. The number of halogens is 8. The smallest absolute Gasteiger partial charge is 0.401 e. The molecule has 0 fully saturated rings. The first-order valence-corrected chi connectivity index (χ1v) is 9.77. The topological polar surface area (TPSA) is 49.7 Å². The average Bonchev–Trinajstić information content (AvgIpc) is 3.03. The predicted octanol–water partition coefficient (Wildman–Crippen LogP) is 6.55. The van der Waals surface area contributed by atoms with Crippen LogP contribution in [-0.2, 0) is 10.2 Å². The first kappa shape index (κ1) is 22.3. The van der Waals surface area contributed by atoms with Crippen LogP contribution in [0.1, 0.15) is 11.1 Å². The summed E-state index contributed by atoms with van der Waals surface area (Å²) in [6, 6.07) is 5.24. The molecule has 2 atom stereocenters. The second-order valence-corrected chi connectivity index (χ2v) is 8.37. The van der Waals surface area contributed by atoms with Gasteiger partial charge < -0.3 is 5.11 Å². The summed E-state index contributed by atoms with van der Waals surface area (Å²) in [5.41, 5.74) is -3.70. The molecule has 1 heterocycles. The lowest BCUT2D eigenvalue weighted by Gasteiger charge is -2.36. The molecule has 1 aliphatic rings. The Morgan fingerprint density at radius 2 is 1.76 bits per heavy atom. The number of rotatable bonds is 3. The fraction of sp³-hybridized carbons (Fsp3) is 0.222. The van der Waals surface area contributed by atoms with Crippen molar-refractivity contribution in [1.82, 2.24) is 0 Å². The average molecular weight is 534 g/mol. The molecule has 2 unspecified atom stereocenters. The Kier molecular flexibility index (Phi) is 5.95. The summed E-state index contributed by atoms with van der Waals surface area (Å²) < 4.78 is 56.7. The van der Waals surface area contributed by atoms with E-state index in [1.165, 1.54) is 12.1 Å². The maximum atomic E-state index is 14.4. The molecule has 0 radical (unpaired) electrons. The maximum absolute atomic E-state index is 14.4. The third-order valence-electron chi connectivity index (χ3n) is 4.73. The minimum atomic E-state index is -5.03. The SMILES string of the molecule is O=C(O)C1C(c2ccc(F)c(Br)c2)=NCC1(c1cc(Cl)c(Cl)c(Cl)c1)C(F)(F)F. The molecule has 0 aliphatic carbocycles. The molecule has 0 saturated carbocycles. The second-order valence-electron chi connectivity index (χ2n) is 6.32. The summed E-state index contributed by atoms with van der Waals surface area (Å²) >= 11 is 20.6. The fourth-order valence-electron chi connectivity index (χ4n) is 3.35. The number of aliphatic imine (C=N–C) groups is 1. The Labute approximate surface area is 185 Å². The Balaban J connectivity index is 2.26. The Morgan fingerprint density at radius 3 is 2.24 bits per heavy atom. The lowest BCUT2D eigenvalue weighted by atomic mass is 9.68. The zero-order valence-electron chi connectivity index (χ0n) is 14.0. The maximum Gasteiger partial charge on any atom is 0.401 e. The molecule has 2 aromatic rings. The van der Waals surface area contributed by atoms with Crippen LogP contribution < -0.4 is 0 Å². The molecule has 3 rings (SSSR count). The van der Waals surface area contributed by atoms with Crippen molar-refractivity contribution >= 4 is 62.4 Å². The molecule has 0 spiro atoms. The van der Waals surface area contributed by atoms with Gasteiger partial charge in [-0.1, -0.05) is 40.9 Å². The zero-order valence-corrected chi connectivity index (χ0v) is 17.9. The van der Waals surface area contributed by atoms with E-state index in [9.17, 15) is 27.5 Å². The third kappa shape index (κ3) is 3.65. The van der Waals surface area contributed by atoms with Gasteiger partial charge in [-0.2, -0.15) is 13.2 Å². The molecule has 2 aromatic carbocycles. The first-order valence-electron chi connectivity index (χ1n) is 7.84. The summed E-state index contributed by atoms with van der Waals surface area (Å²) in [5.74, 6) is -4.52. The van der Waals surface area contributed by atoms with Crippen molar-refractivity contribution in [3.63, 3.8) is 0 Å². The van der Waals surface area contributed by atoms with Gasteiger partial charge in [0, 0.05) is 0 Å². The molecule has 0 aromatic heterocycles. The van der Waals surface area contributed by atoms with Gasteiger partial charge in [0.2, 0.25) is 0 Å². The monoisotopic (exact) mass is 531 g/mol. The molecule has 0 bridgehead atoms. The van der Waals surface area contributed by atoms with Gasteiger partial charge in [0.15, 0.2) is 0 Å². The van der Waals surface area contributed by atoms with Gasteiger partial charge in [0.25, 0.3) is 0 Å². The van der Waals surface area contributed by atoms with Gasteiger partial charge in [0.05, 0.1) is 31.8 Å². The molecule has 0 saturated heterocycles. The van der Waals surface area contributed by atoms with E-state index in [-0.39, 0.29) is 30.8 Å². The molecule has 29 heavy (non-hydrogen) atoms. The van der Waals surface area contributed by atoms with Crippen molar-refractivity contribution < 1.29 is 27.5 Å². The Morgan fingerprint density at radius 1 is 1.17 bits per heavy atom. The van der Waals surface area contributed by atoms with Crippen LogP contribution in [0.5, 0.6) is 0 Å². The molecule has 11 heteroatoms. The number of benzene rings is 2. The number of carboxylic acids is 1. The van der Waals surface area contributed by atoms with Crippen molar-refractivity contribution in [3.05, 3.63) is 66.8 Å². The predicted molar refractivity (Wildman–Crippen MR) is 106 cm³/mol. The zero-order chi connectivity index (χ0) is 21.7. The number of hydrogen-bond donors (Lipinski definition) is 1. The minimum absolute atomic E-state index is 0.0380. The highest BCUT2D eigenvalue weighted by molar-refractivity contribution is 9.10. The van der Waals surface area contributed by atoms with Crippen LogP contribution >= 0.6 is 50.7 Å². The first-order chi connectivity index (χ1) is 13.4. The standard InChI is InChI=1S/C18H9BrCl3F4NO2/c19-9-3-7(1-2-12(9)23)15-13(16(28)29)17(6-27-15,18(24,25)26)8-4-10(20)14(22)11(21)5-8/h1-5,13H,6H2,(H,28,29). The highest BCUT2D eigenvalue weighted by Gasteiger charge is 2.66. The number of alkyl halides is 3. The van der Waals surface area contributed by atoms with Crippen LogP contribution in [0.25, 0.3) is 0 Å². The van der Waals surface area contributed by atoms with Crippen LogP contribution in [0.4, 0.5) is 17.6 Å². The van der Waals surface area contributed by atoms with E-state index in [4.69, 9.17) is 34.8 Å². The highest BCUT2D eigenvalue weighted by atomic mass is 79.9. The number of carboxylic acid groups (broad SMARTS) is 1. The third-order valence-corrected chi connectivity index (χ3v) is 6.54. The molecule has 154 valence electrons. The van der Waals surface area contributed by atoms with E-state index in [2.05, 4.69) is 20.9 Å². The summed E-state index contributed by atoms with van der Waals surface area (Å²) in [6.07, 6.45) is -5.03. The van der Waals surface area contributed by atoms with E-state index < -0.39 is 41.4 Å². The molecule has 3 nitrogen and oxygen atoms in total. The quantitative estimate of drug-likeness (QED) is 0.359. The molecular formula is C18H9BrCl3F4NO2. The molecular weight excluding hydrogens is 524 g/mol. The van der Waals surface area contributed by atoms with Gasteiger partial charge in [-0.3, -0.25) is 9.79 Å². The lowest BCUT2D eigenvalue weighted by molar-refractivity contribution is -0.200. The van der Waals surface area contributed by atoms with E-state index in [0.717, 1.165) is 18.2 Å². The normalized spacial score (nSPS) is 21.9. The van der Waals surface area contributed by atoms with Crippen LogP contribution in [0.15, 0.2) is 39.8 Å². The summed E-state index contributed by atoms with van der Waals surface area (Å²) in [7, 11) is 0. The van der Waals surface area contributed by atoms with Gasteiger partial charge in [-0.15, -0.1) is 0 Å². The van der Waals surface area contributed by atoms with Crippen LogP contribution in [0.3, 0.4) is 0 Å².